The molecule has 0 unspecified atom stereocenters. The van der Waals surface area contributed by atoms with Crippen molar-refractivity contribution in [1.29, 1.82) is 0 Å². The van der Waals surface area contributed by atoms with Gasteiger partial charge >= 0.3 is 0 Å². The highest BCUT2D eigenvalue weighted by Crippen LogP contribution is 2.32. The quantitative estimate of drug-likeness (QED) is 0.576. The third-order valence-corrected chi connectivity index (χ3v) is 4.23. The molecule has 1 heterocycles. The Morgan fingerprint density at radius 2 is 1.65 bits per heavy atom. The van der Waals surface area contributed by atoms with Gasteiger partial charge in [0.15, 0.2) is 6.20 Å². The maximum absolute atomic E-state index is 12.2. The minimum Gasteiger partial charge on any atom is -0.618 e. The molecule has 3 rings (SSSR count). The van der Waals surface area contributed by atoms with Crippen molar-refractivity contribution in [2.24, 2.45) is 0 Å². The minimum absolute atomic E-state index is 0.0789. The van der Waals surface area contributed by atoms with Gasteiger partial charge in [-0.3, -0.25) is 0 Å². The molecule has 1 N–H and O–H groups in total. The van der Waals surface area contributed by atoms with Gasteiger partial charge in [0, 0.05) is 10.8 Å². The minimum atomic E-state index is -0.287. The van der Waals surface area contributed by atoms with Crippen molar-refractivity contribution in [3.8, 4) is 11.1 Å². The molecule has 0 aliphatic carbocycles. The van der Waals surface area contributed by atoms with Crippen LogP contribution in [0.15, 0.2) is 54.7 Å². The number of aliphatic hydroxyl groups is 1. The summed E-state index contributed by atoms with van der Waals surface area (Å²) in [6, 6.07) is 16.0. The zero-order valence-electron chi connectivity index (χ0n) is 13.7. The molecule has 0 amide bonds. The number of rotatable bonds is 2. The SMILES string of the molecule is CC(C)(C)c1ccc(-c2c(CO)[n+]([O-])cc3ccccc23)cc1. The first-order valence-electron chi connectivity index (χ1n) is 7.77. The molecule has 0 fully saturated rings. The maximum atomic E-state index is 12.2. The highest BCUT2D eigenvalue weighted by atomic mass is 16.5. The fraction of sp³-hybridized carbons (Fsp3) is 0.250. The van der Waals surface area contributed by atoms with E-state index < -0.39 is 0 Å². The molecule has 0 atom stereocenters. The van der Waals surface area contributed by atoms with Gasteiger partial charge in [0.1, 0.15) is 6.61 Å². The molecular formula is C20H21NO2. The van der Waals surface area contributed by atoms with Crippen LogP contribution in [0.1, 0.15) is 32.0 Å². The molecule has 0 bridgehead atoms. The Morgan fingerprint density at radius 1 is 1.00 bits per heavy atom. The van der Waals surface area contributed by atoms with Crippen LogP contribution in [-0.4, -0.2) is 5.11 Å². The third-order valence-electron chi connectivity index (χ3n) is 4.23. The molecule has 0 saturated carbocycles. The number of benzene rings is 2. The summed E-state index contributed by atoms with van der Waals surface area (Å²) in [5, 5.41) is 23.8. The van der Waals surface area contributed by atoms with Gasteiger partial charge in [0.25, 0.3) is 0 Å². The molecule has 3 aromatic rings. The second kappa shape index (κ2) is 5.67. The normalized spacial score (nSPS) is 11.8. The van der Waals surface area contributed by atoms with E-state index in [2.05, 4.69) is 32.9 Å². The number of hydrogen-bond acceptors (Lipinski definition) is 2. The predicted molar refractivity (Wildman–Crippen MR) is 93.0 cm³/mol. The number of fused-ring (bicyclic) bond motifs is 1. The molecule has 3 heteroatoms. The van der Waals surface area contributed by atoms with E-state index >= 15 is 0 Å². The number of pyridine rings is 1. The van der Waals surface area contributed by atoms with Crippen molar-refractivity contribution in [2.75, 3.05) is 0 Å². The van der Waals surface area contributed by atoms with Gasteiger partial charge in [0.05, 0.1) is 5.56 Å². The smallest absolute Gasteiger partial charge is 0.226 e. The van der Waals surface area contributed by atoms with E-state index in [1.54, 1.807) is 0 Å². The summed E-state index contributed by atoms with van der Waals surface area (Å²) in [4.78, 5) is 0. The van der Waals surface area contributed by atoms with Gasteiger partial charge in [-0.15, -0.1) is 0 Å². The number of aliphatic hydroxyl groups excluding tert-OH is 1. The van der Waals surface area contributed by atoms with Crippen LogP contribution in [-0.2, 0) is 12.0 Å². The maximum Gasteiger partial charge on any atom is 0.226 e. The molecule has 23 heavy (non-hydrogen) atoms. The standard InChI is InChI=1S/C20H21NO2/c1-20(2,3)16-10-8-14(9-11-16)19-17-7-5-4-6-15(17)12-21(23)18(19)13-22/h4-12,22H,13H2,1-3H3. The van der Waals surface area contributed by atoms with Gasteiger partial charge in [-0.2, -0.15) is 4.73 Å². The summed E-state index contributed by atoms with van der Waals surface area (Å²) in [6.07, 6.45) is 1.52. The van der Waals surface area contributed by atoms with Crippen LogP contribution in [0.2, 0.25) is 0 Å². The molecule has 0 aliphatic rings. The molecule has 118 valence electrons. The summed E-state index contributed by atoms with van der Waals surface area (Å²) in [7, 11) is 0. The van der Waals surface area contributed by atoms with Crippen LogP contribution in [0.25, 0.3) is 21.9 Å². The highest BCUT2D eigenvalue weighted by Gasteiger charge is 2.19. The second-order valence-electron chi connectivity index (χ2n) is 6.85. The topological polar surface area (TPSA) is 47.2 Å². The fourth-order valence-electron chi connectivity index (χ4n) is 2.91. The summed E-state index contributed by atoms with van der Waals surface area (Å²) in [5.74, 6) is 0. The summed E-state index contributed by atoms with van der Waals surface area (Å²) < 4.78 is 0.773. The van der Waals surface area contributed by atoms with Crippen molar-refractivity contribution in [1.82, 2.24) is 0 Å². The molecule has 1 aromatic heterocycles. The van der Waals surface area contributed by atoms with Gasteiger partial charge < -0.3 is 10.3 Å². The number of nitrogens with zero attached hydrogens (tertiary/aromatic N) is 1. The lowest BCUT2D eigenvalue weighted by molar-refractivity contribution is -0.614. The van der Waals surface area contributed by atoms with E-state index in [1.807, 2.05) is 36.4 Å². The molecule has 0 radical (unpaired) electrons. The molecule has 0 spiro atoms. The first-order chi connectivity index (χ1) is 10.9. The van der Waals surface area contributed by atoms with Gasteiger partial charge in [-0.05, 0) is 22.6 Å². The predicted octanol–water partition coefficient (Wildman–Crippen LogP) is 3.93. The zero-order chi connectivity index (χ0) is 16.6. The van der Waals surface area contributed by atoms with Crippen molar-refractivity contribution >= 4 is 10.8 Å². The van der Waals surface area contributed by atoms with Crippen molar-refractivity contribution in [2.45, 2.75) is 32.8 Å². The van der Waals surface area contributed by atoms with Crippen molar-refractivity contribution < 1.29 is 9.84 Å². The van der Waals surface area contributed by atoms with Gasteiger partial charge in [-0.1, -0.05) is 63.2 Å². The van der Waals surface area contributed by atoms with Crippen LogP contribution in [0.4, 0.5) is 0 Å². The average molecular weight is 307 g/mol. The molecular weight excluding hydrogens is 286 g/mol. The summed E-state index contributed by atoms with van der Waals surface area (Å²) >= 11 is 0. The summed E-state index contributed by atoms with van der Waals surface area (Å²) in [6.45, 7) is 6.23. The first-order valence-corrected chi connectivity index (χ1v) is 7.77. The fourth-order valence-corrected chi connectivity index (χ4v) is 2.91. The largest absolute Gasteiger partial charge is 0.618 e. The van der Waals surface area contributed by atoms with E-state index in [9.17, 15) is 10.3 Å². The Morgan fingerprint density at radius 3 is 2.26 bits per heavy atom. The Hall–Kier alpha value is -2.39. The lowest BCUT2D eigenvalue weighted by atomic mass is 9.86. The van der Waals surface area contributed by atoms with E-state index in [0.717, 1.165) is 26.6 Å². The van der Waals surface area contributed by atoms with E-state index in [4.69, 9.17) is 0 Å². The summed E-state index contributed by atoms with van der Waals surface area (Å²) in [5.41, 5.74) is 3.45. The van der Waals surface area contributed by atoms with Crippen molar-refractivity contribution in [3.05, 3.63) is 71.2 Å². The monoisotopic (exact) mass is 307 g/mol. The van der Waals surface area contributed by atoms with Crippen LogP contribution >= 0.6 is 0 Å². The van der Waals surface area contributed by atoms with E-state index in [0.29, 0.717) is 5.69 Å². The lowest BCUT2D eigenvalue weighted by Crippen LogP contribution is -2.32. The van der Waals surface area contributed by atoms with Gasteiger partial charge in [0.2, 0.25) is 5.69 Å². The van der Waals surface area contributed by atoms with Crippen molar-refractivity contribution in [3.63, 3.8) is 0 Å². The second-order valence-corrected chi connectivity index (χ2v) is 6.85. The molecule has 2 aromatic carbocycles. The average Bonchev–Trinajstić information content (AvgIpc) is 2.53. The lowest BCUT2D eigenvalue weighted by Gasteiger charge is -2.19. The first kappa shape index (κ1) is 15.5. The molecule has 0 aliphatic heterocycles. The molecule has 3 nitrogen and oxygen atoms in total. The third kappa shape index (κ3) is 2.80. The van der Waals surface area contributed by atoms with Crippen LogP contribution in [0.3, 0.4) is 0 Å². The van der Waals surface area contributed by atoms with E-state index in [1.165, 1.54) is 11.8 Å². The Balaban J connectivity index is 2.26. The van der Waals surface area contributed by atoms with E-state index in [-0.39, 0.29) is 12.0 Å². The highest BCUT2D eigenvalue weighted by molar-refractivity contribution is 5.96. The van der Waals surface area contributed by atoms with Crippen LogP contribution in [0, 0.1) is 5.21 Å². The Labute approximate surface area is 136 Å². The zero-order valence-corrected chi connectivity index (χ0v) is 13.7. The van der Waals surface area contributed by atoms with Crippen LogP contribution in [0.5, 0.6) is 0 Å². The Kier molecular flexibility index (Phi) is 3.82. The number of aromatic nitrogens is 1. The van der Waals surface area contributed by atoms with Crippen LogP contribution < -0.4 is 4.73 Å². The number of hydrogen-bond donors (Lipinski definition) is 1. The Bertz CT molecular complexity index is 846. The molecule has 0 saturated heterocycles. The van der Waals surface area contributed by atoms with Gasteiger partial charge in [-0.25, -0.2) is 0 Å².